The molecule has 1 unspecified atom stereocenters. The predicted molar refractivity (Wildman–Crippen MR) is 120 cm³/mol. The quantitative estimate of drug-likeness (QED) is 0.0464. The van der Waals surface area contributed by atoms with E-state index in [2.05, 4.69) is 19.8 Å². The van der Waals surface area contributed by atoms with Crippen LogP contribution in [0.4, 0.5) is 0 Å². The molecule has 0 aliphatic rings. The highest BCUT2D eigenvalue weighted by Crippen LogP contribution is 2.15. The molecule has 0 radical (unpaired) electrons. The van der Waals surface area contributed by atoms with Gasteiger partial charge in [0.1, 0.15) is 11.8 Å². The van der Waals surface area contributed by atoms with Crippen molar-refractivity contribution in [1.82, 2.24) is 21.5 Å². The minimum absolute atomic E-state index is 0.0172. The lowest BCUT2D eigenvalue weighted by Gasteiger charge is -2.18. The van der Waals surface area contributed by atoms with Gasteiger partial charge in [-0.15, -0.1) is 0 Å². The van der Waals surface area contributed by atoms with Crippen LogP contribution in [0.25, 0.3) is 0 Å². The van der Waals surface area contributed by atoms with Crippen molar-refractivity contribution in [3.8, 4) is 5.75 Å². The van der Waals surface area contributed by atoms with E-state index in [0.717, 1.165) is 0 Å². The Morgan fingerprint density at radius 1 is 0.718 bits per heavy atom. The summed E-state index contributed by atoms with van der Waals surface area (Å²) in [6.45, 7) is -0.321. The van der Waals surface area contributed by atoms with Crippen molar-refractivity contribution >= 4 is 17.8 Å². The second-order valence-corrected chi connectivity index (χ2v) is 7.78. The zero-order valence-corrected chi connectivity index (χ0v) is 21.0. The molecule has 39 heavy (non-hydrogen) atoms. The summed E-state index contributed by atoms with van der Waals surface area (Å²) < 4.78 is 10.4. The van der Waals surface area contributed by atoms with E-state index >= 15 is 0 Å². The van der Waals surface area contributed by atoms with Crippen LogP contribution in [0.5, 0.6) is 5.75 Å². The Morgan fingerprint density at radius 3 is 1.79 bits per heavy atom. The molecule has 0 saturated heterocycles. The van der Waals surface area contributed by atoms with Gasteiger partial charge in [0.2, 0.25) is 5.91 Å². The summed E-state index contributed by atoms with van der Waals surface area (Å²) in [6.07, 6.45) is 0.921. The molecule has 0 aromatic heterocycles. The van der Waals surface area contributed by atoms with Crippen LogP contribution in [-0.4, -0.2) is 97.7 Å². The molecule has 1 atom stereocenters. The molecule has 1 rings (SSSR count). The summed E-state index contributed by atoms with van der Waals surface area (Å²) >= 11 is 0. The number of nitrogens with one attached hydrogen (secondary N) is 1. The summed E-state index contributed by atoms with van der Waals surface area (Å²) in [5.74, 6) is -1.58. The van der Waals surface area contributed by atoms with Crippen LogP contribution in [0.15, 0.2) is 24.3 Å². The number of rotatable bonds is 21. The molecule has 1 amide bonds. The van der Waals surface area contributed by atoms with E-state index in [9.17, 15) is 14.4 Å². The summed E-state index contributed by atoms with van der Waals surface area (Å²) in [5.41, 5.74) is 0.607. The Bertz CT molecular complexity index is 840. The maximum Gasteiger partial charge on any atom is 0.328 e. The number of amides is 1. The van der Waals surface area contributed by atoms with Crippen molar-refractivity contribution in [1.29, 1.82) is 0 Å². The average Bonchev–Trinajstić information content (AvgIpc) is 2.86. The second-order valence-electron chi connectivity index (χ2n) is 7.78. The monoisotopic (exact) mass is 566 g/mol. The molecule has 7 N–H and O–H groups in total. The Kier molecular flexibility index (Phi) is 17.6. The number of hydrogen-bond acceptors (Lipinski definition) is 17. The van der Waals surface area contributed by atoms with Crippen molar-refractivity contribution in [3.05, 3.63) is 29.8 Å². The Labute approximate surface area is 222 Å². The number of ether oxygens (including phenoxy) is 2. The first-order chi connectivity index (χ1) is 18.6. The molecule has 0 saturated carbocycles. The largest absolute Gasteiger partial charge is 0.464 e. The van der Waals surface area contributed by atoms with Gasteiger partial charge < -0.3 is 14.8 Å². The molecule has 18 heteroatoms. The van der Waals surface area contributed by atoms with Crippen LogP contribution in [-0.2, 0) is 40.1 Å². The number of unbranched alkanes of at least 4 members (excludes halogenated alkanes) is 1. The summed E-state index contributed by atoms with van der Waals surface area (Å²) in [6, 6.07) is 5.10. The molecule has 0 spiro atoms. The van der Waals surface area contributed by atoms with E-state index < -0.39 is 40.1 Å². The van der Waals surface area contributed by atoms with E-state index in [1.54, 1.807) is 12.1 Å². The van der Waals surface area contributed by atoms with Gasteiger partial charge in [-0.2, -0.15) is 0 Å². The molecule has 1 aromatic carbocycles. The van der Waals surface area contributed by atoms with Crippen LogP contribution in [0.1, 0.15) is 44.1 Å². The van der Waals surface area contributed by atoms with Gasteiger partial charge >= 0.3 is 11.9 Å². The molecule has 0 aliphatic carbocycles. The van der Waals surface area contributed by atoms with Crippen molar-refractivity contribution in [2.75, 3.05) is 26.4 Å². The Hall–Kier alpha value is -2.85. The van der Waals surface area contributed by atoms with Crippen LogP contribution < -0.4 is 10.1 Å². The summed E-state index contributed by atoms with van der Waals surface area (Å²) in [5, 5.41) is 52.1. The van der Waals surface area contributed by atoms with Gasteiger partial charge in [0.15, 0.2) is 0 Å². The zero-order valence-electron chi connectivity index (χ0n) is 21.0. The number of esters is 2. The van der Waals surface area contributed by atoms with Crippen LogP contribution >= 0.6 is 0 Å². The fraction of sp³-hybridized carbons (Fsp3) is 0.571. The van der Waals surface area contributed by atoms with E-state index in [1.807, 2.05) is 0 Å². The third-order valence-electron chi connectivity index (χ3n) is 4.69. The molecule has 222 valence electrons. The number of nitrogens with zero attached hydrogens (tertiary/aromatic N) is 3. The minimum Gasteiger partial charge on any atom is -0.464 e. The van der Waals surface area contributed by atoms with Gasteiger partial charge in [0.25, 0.3) is 0 Å². The molecule has 0 aliphatic heterocycles. The Balaban J connectivity index is 2.64. The lowest BCUT2D eigenvalue weighted by atomic mass is 10.1. The Morgan fingerprint density at radius 2 is 1.23 bits per heavy atom. The maximum atomic E-state index is 12.7. The van der Waals surface area contributed by atoms with Crippen molar-refractivity contribution < 1.29 is 69.6 Å². The van der Waals surface area contributed by atoms with Gasteiger partial charge in [0, 0.05) is 19.3 Å². The van der Waals surface area contributed by atoms with Gasteiger partial charge in [0.05, 0.1) is 42.6 Å². The van der Waals surface area contributed by atoms with E-state index in [1.165, 1.54) is 12.1 Å². The SMILES string of the molecule is O=C(CCCON(O)O)NC(Cc1ccc(OC(=O)CCCON(O)O)cc1)C(=O)OCCCCON(O)O. The highest BCUT2D eigenvalue weighted by atomic mass is 17.1. The fourth-order valence-corrected chi connectivity index (χ4v) is 2.94. The molecule has 0 bridgehead atoms. The van der Waals surface area contributed by atoms with Gasteiger partial charge in [-0.1, -0.05) is 12.1 Å². The standard InChI is InChI=1S/C21H34N4O14/c26-19(5-3-13-37-24(31)32)22-18(21(28)35-11-1-2-12-36-23(29)30)15-16-7-9-17(10-8-16)39-20(27)6-4-14-38-25(33)34/h7-10,18,29-34H,1-6,11-15H2,(H,22,26). The average molecular weight is 567 g/mol. The smallest absolute Gasteiger partial charge is 0.328 e. The molecular formula is C21H34N4O14. The van der Waals surface area contributed by atoms with Crippen molar-refractivity contribution in [2.45, 2.75) is 51.0 Å². The third-order valence-corrected chi connectivity index (χ3v) is 4.69. The first kappa shape index (κ1) is 34.2. The highest BCUT2D eigenvalue weighted by molar-refractivity contribution is 5.84. The zero-order chi connectivity index (χ0) is 29.0. The number of hydrogen-bond donors (Lipinski definition) is 7. The topological polar surface area (TPSA) is 240 Å². The second kappa shape index (κ2) is 20.1. The highest BCUT2D eigenvalue weighted by Gasteiger charge is 2.23. The minimum atomic E-state index is -1.07. The first-order valence-electron chi connectivity index (χ1n) is 11.7. The molecule has 0 fully saturated rings. The number of carbonyl (C=O) groups excluding carboxylic acids is 3. The summed E-state index contributed by atoms with van der Waals surface area (Å²) in [7, 11) is 0. The normalized spacial score (nSPS) is 12.1. The van der Waals surface area contributed by atoms with Crippen LogP contribution in [0.3, 0.4) is 0 Å². The predicted octanol–water partition coefficient (Wildman–Crippen LogP) is 0.539. The van der Waals surface area contributed by atoms with Gasteiger partial charge in [-0.05, 0) is 43.4 Å². The first-order valence-corrected chi connectivity index (χ1v) is 11.7. The molecule has 18 nitrogen and oxygen atoms in total. The lowest BCUT2D eigenvalue weighted by molar-refractivity contribution is -0.492. The van der Waals surface area contributed by atoms with E-state index in [4.69, 9.17) is 40.7 Å². The maximum absolute atomic E-state index is 12.7. The summed E-state index contributed by atoms with van der Waals surface area (Å²) in [4.78, 5) is 50.0. The lowest BCUT2D eigenvalue weighted by Crippen LogP contribution is -2.43. The molecular weight excluding hydrogens is 532 g/mol. The van der Waals surface area contributed by atoms with Crippen molar-refractivity contribution in [2.24, 2.45) is 0 Å². The van der Waals surface area contributed by atoms with Crippen molar-refractivity contribution in [3.63, 3.8) is 0 Å². The van der Waals surface area contributed by atoms with E-state index in [0.29, 0.717) is 18.4 Å². The number of carbonyl (C=O) groups is 3. The van der Waals surface area contributed by atoms with E-state index in [-0.39, 0.29) is 64.3 Å². The third kappa shape index (κ3) is 18.1. The van der Waals surface area contributed by atoms with Gasteiger partial charge in [-0.3, -0.25) is 55.3 Å². The van der Waals surface area contributed by atoms with Crippen LogP contribution in [0.2, 0.25) is 0 Å². The van der Waals surface area contributed by atoms with Gasteiger partial charge in [-0.25, -0.2) is 4.79 Å². The van der Waals surface area contributed by atoms with Crippen LogP contribution in [0, 0.1) is 0 Å². The molecule has 0 heterocycles. The fourth-order valence-electron chi connectivity index (χ4n) is 2.94. The number of benzene rings is 1. The molecule has 1 aromatic rings.